The van der Waals surface area contributed by atoms with Crippen LogP contribution in [0.2, 0.25) is 0 Å². The van der Waals surface area contributed by atoms with Gasteiger partial charge >= 0.3 is 0 Å². The van der Waals surface area contributed by atoms with Crippen molar-refractivity contribution in [3.8, 4) is 11.5 Å². The Morgan fingerprint density at radius 1 is 1.03 bits per heavy atom. The van der Waals surface area contributed by atoms with Crippen LogP contribution < -0.4 is 4.90 Å². The molecule has 3 aromatic rings. The first-order valence-corrected chi connectivity index (χ1v) is 11.1. The minimum absolute atomic E-state index is 0.0296. The normalized spacial score (nSPS) is 19.7. The zero-order valence-corrected chi connectivity index (χ0v) is 18.0. The minimum atomic E-state index is -0.722. The first-order valence-electron chi connectivity index (χ1n) is 11.1. The SMILES string of the molecule is CC(=O)N(C1CCCCC1)C1CC(=O)N(c2ccc(-c3nc4ccccc4o3)cc2)C1=O. The molecule has 1 unspecified atom stereocenters. The van der Waals surface area contributed by atoms with Gasteiger partial charge in [0.1, 0.15) is 11.6 Å². The van der Waals surface area contributed by atoms with E-state index in [1.807, 2.05) is 24.3 Å². The van der Waals surface area contributed by atoms with Gasteiger partial charge < -0.3 is 9.32 Å². The van der Waals surface area contributed by atoms with Crippen LogP contribution in [0.25, 0.3) is 22.6 Å². The first-order chi connectivity index (χ1) is 15.5. The molecule has 1 aromatic heterocycles. The van der Waals surface area contributed by atoms with Crippen LogP contribution in [0.3, 0.4) is 0 Å². The fourth-order valence-corrected chi connectivity index (χ4v) is 4.94. The topological polar surface area (TPSA) is 83.7 Å². The Balaban J connectivity index is 1.39. The molecule has 1 saturated heterocycles. The van der Waals surface area contributed by atoms with Gasteiger partial charge in [0, 0.05) is 18.5 Å². The maximum absolute atomic E-state index is 13.3. The Morgan fingerprint density at radius 2 is 1.75 bits per heavy atom. The lowest BCUT2D eigenvalue weighted by molar-refractivity contribution is -0.140. The van der Waals surface area contributed by atoms with Gasteiger partial charge in [-0.2, -0.15) is 0 Å². The zero-order chi connectivity index (χ0) is 22.2. The average molecular weight is 431 g/mol. The summed E-state index contributed by atoms with van der Waals surface area (Å²) in [6, 6.07) is 13.9. The summed E-state index contributed by atoms with van der Waals surface area (Å²) in [6.45, 7) is 1.49. The van der Waals surface area contributed by atoms with Crippen molar-refractivity contribution in [2.75, 3.05) is 4.90 Å². The molecular weight excluding hydrogens is 406 g/mol. The quantitative estimate of drug-likeness (QED) is 0.575. The average Bonchev–Trinajstić information content (AvgIpc) is 3.35. The standard InChI is InChI=1S/C25H25N3O4/c1-16(29)27(18-7-3-2-4-8-18)21-15-23(30)28(25(21)31)19-13-11-17(12-14-19)24-26-20-9-5-6-10-22(20)32-24/h5-6,9-14,18,21H,2-4,7-8,15H2,1H3. The fourth-order valence-electron chi connectivity index (χ4n) is 4.94. The predicted octanol–water partition coefficient (Wildman–Crippen LogP) is 4.31. The van der Waals surface area contributed by atoms with Gasteiger partial charge in [0.15, 0.2) is 5.58 Å². The lowest BCUT2D eigenvalue weighted by Crippen LogP contribution is -2.50. The van der Waals surface area contributed by atoms with E-state index in [0.29, 0.717) is 17.2 Å². The van der Waals surface area contributed by atoms with Crippen LogP contribution in [-0.2, 0) is 14.4 Å². The van der Waals surface area contributed by atoms with Crippen molar-refractivity contribution in [2.24, 2.45) is 0 Å². The number of amides is 3. The third-order valence-corrected chi connectivity index (χ3v) is 6.46. The number of nitrogens with zero attached hydrogens (tertiary/aromatic N) is 3. The number of aromatic nitrogens is 1. The van der Waals surface area contributed by atoms with Crippen molar-refractivity contribution in [3.63, 3.8) is 0 Å². The number of carbonyl (C=O) groups excluding carboxylic acids is 3. The van der Waals surface area contributed by atoms with Gasteiger partial charge in [-0.25, -0.2) is 9.88 Å². The zero-order valence-electron chi connectivity index (χ0n) is 18.0. The van der Waals surface area contributed by atoms with E-state index in [2.05, 4.69) is 4.98 Å². The highest BCUT2D eigenvalue weighted by Gasteiger charge is 2.45. The minimum Gasteiger partial charge on any atom is -0.436 e. The van der Waals surface area contributed by atoms with E-state index in [4.69, 9.17) is 4.42 Å². The Labute approximate surface area is 186 Å². The number of carbonyl (C=O) groups is 3. The molecule has 2 heterocycles. The summed E-state index contributed by atoms with van der Waals surface area (Å²) in [5.41, 5.74) is 2.72. The molecule has 3 amide bonds. The molecule has 0 bridgehead atoms. The number of hydrogen-bond acceptors (Lipinski definition) is 5. The molecule has 0 N–H and O–H groups in total. The van der Waals surface area contributed by atoms with E-state index in [9.17, 15) is 14.4 Å². The number of anilines is 1. The second-order valence-corrected chi connectivity index (χ2v) is 8.54. The lowest BCUT2D eigenvalue weighted by atomic mass is 9.92. The van der Waals surface area contributed by atoms with Crippen LogP contribution in [0.1, 0.15) is 45.4 Å². The van der Waals surface area contributed by atoms with Crippen LogP contribution in [0, 0.1) is 0 Å². The number of rotatable bonds is 4. The highest BCUT2D eigenvalue weighted by molar-refractivity contribution is 6.23. The predicted molar refractivity (Wildman–Crippen MR) is 120 cm³/mol. The molecule has 0 spiro atoms. The van der Waals surface area contributed by atoms with Gasteiger partial charge in [-0.05, 0) is 49.2 Å². The molecule has 164 valence electrons. The van der Waals surface area contributed by atoms with E-state index in [-0.39, 0.29) is 30.2 Å². The Bertz CT molecular complexity index is 1140. The van der Waals surface area contributed by atoms with Crippen LogP contribution in [0.4, 0.5) is 5.69 Å². The molecule has 2 aromatic carbocycles. The number of fused-ring (bicyclic) bond motifs is 1. The number of benzene rings is 2. The molecule has 0 radical (unpaired) electrons. The summed E-state index contributed by atoms with van der Waals surface area (Å²) >= 11 is 0. The maximum Gasteiger partial charge on any atom is 0.257 e. The number of hydrogen-bond donors (Lipinski definition) is 0. The summed E-state index contributed by atoms with van der Waals surface area (Å²) in [5, 5.41) is 0. The van der Waals surface area contributed by atoms with E-state index in [0.717, 1.165) is 43.2 Å². The van der Waals surface area contributed by atoms with Crippen LogP contribution >= 0.6 is 0 Å². The highest BCUT2D eigenvalue weighted by atomic mass is 16.3. The van der Waals surface area contributed by atoms with Gasteiger partial charge in [0.05, 0.1) is 12.1 Å². The molecule has 1 aliphatic carbocycles. The number of imide groups is 1. The molecule has 1 atom stereocenters. The molecule has 5 rings (SSSR count). The molecular formula is C25H25N3O4. The van der Waals surface area contributed by atoms with Gasteiger partial charge in [0.2, 0.25) is 17.7 Å². The lowest BCUT2D eigenvalue weighted by Gasteiger charge is -2.36. The smallest absolute Gasteiger partial charge is 0.257 e. The van der Waals surface area contributed by atoms with Crippen molar-refractivity contribution < 1.29 is 18.8 Å². The third-order valence-electron chi connectivity index (χ3n) is 6.46. The van der Waals surface area contributed by atoms with Crippen LogP contribution in [-0.4, -0.2) is 39.7 Å². The molecule has 7 heteroatoms. The van der Waals surface area contributed by atoms with E-state index < -0.39 is 6.04 Å². The summed E-state index contributed by atoms with van der Waals surface area (Å²) in [6.07, 6.45) is 5.04. The molecule has 2 fully saturated rings. The second kappa shape index (κ2) is 8.22. The fraction of sp³-hybridized carbons (Fsp3) is 0.360. The number of para-hydroxylation sites is 2. The highest BCUT2D eigenvalue weighted by Crippen LogP contribution is 2.32. The van der Waals surface area contributed by atoms with Gasteiger partial charge in [0.25, 0.3) is 5.91 Å². The second-order valence-electron chi connectivity index (χ2n) is 8.54. The molecule has 1 saturated carbocycles. The molecule has 32 heavy (non-hydrogen) atoms. The van der Waals surface area contributed by atoms with Crippen molar-refractivity contribution >= 4 is 34.5 Å². The Hall–Kier alpha value is -3.48. The summed E-state index contributed by atoms with van der Waals surface area (Å²) < 4.78 is 5.80. The molecule has 2 aliphatic rings. The monoisotopic (exact) mass is 431 g/mol. The van der Waals surface area contributed by atoms with Crippen molar-refractivity contribution in [1.29, 1.82) is 0 Å². The van der Waals surface area contributed by atoms with Crippen LogP contribution in [0.5, 0.6) is 0 Å². The Kier molecular flexibility index (Phi) is 5.25. The first kappa shape index (κ1) is 20.4. The summed E-state index contributed by atoms with van der Waals surface area (Å²) in [7, 11) is 0. The van der Waals surface area contributed by atoms with Crippen LogP contribution in [0.15, 0.2) is 52.9 Å². The summed E-state index contributed by atoms with van der Waals surface area (Å²) in [4.78, 5) is 45.9. The van der Waals surface area contributed by atoms with E-state index in [1.54, 1.807) is 29.2 Å². The van der Waals surface area contributed by atoms with Gasteiger partial charge in [-0.15, -0.1) is 0 Å². The van der Waals surface area contributed by atoms with Crippen molar-refractivity contribution in [2.45, 2.75) is 57.5 Å². The van der Waals surface area contributed by atoms with Crippen molar-refractivity contribution in [1.82, 2.24) is 9.88 Å². The van der Waals surface area contributed by atoms with E-state index in [1.165, 1.54) is 11.8 Å². The van der Waals surface area contributed by atoms with E-state index >= 15 is 0 Å². The largest absolute Gasteiger partial charge is 0.436 e. The number of oxazole rings is 1. The maximum atomic E-state index is 13.3. The van der Waals surface area contributed by atoms with Gasteiger partial charge in [-0.3, -0.25) is 14.4 Å². The summed E-state index contributed by atoms with van der Waals surface area (Å²) in [5.74, 6) is -0.270. The molecule has 1 aliphatic heterocycles. The van der Waals surface area contributed by atoms with Gasteiger partial charge in [-0.1, -0.05) is 31.4 Å². The molecule has 7 nitrogen and oxygen atoms in total. The third kappa shape index (κ3) is 3.57. The Morgan fingerprint density at radius 3 is 2.44 bits per heavy atom. The van der Waals surface area contributed by atoms with Crippen molar-refractivity contribution in [3.05, 3.63) is 48.5 Å².